The Morgan fingerprint density at radius 2 is 1.70 bits per heavy atom. The van der Waals surface area contributed by atoms with Crippen molar-refractivity contribution in [2.24, 2.45) is 5.10 Å². The number of halogens is 3. The summed E-state index contributed by atoms with van der Waals surface area (Å²) in [4.78, 5) is 16.9. The minimum atomic E-state index is -4.39. The van der Waals surface area contributed by atoms with Crippen molar-refractivity contribution in [3.8, 4) is 0 Å². The normalized spacial score (nSPS) is 11.8. The molecular formula is C24H19F3N4OS. The number of hydrogen-bond acceptors (Lipinski definition) is 4. The lowest BCUT2D eigenvalue weighted by atomic mass is 10.1. The maximum atomic E-state index is 12.6. The number of aromatic nitrogens is 2. The highest BCUT2D eigenvalue weighted by molar-refractivity contribution is 7.99. The number of hydrogen-bond donors (Lipinski definition) is 1. The Morgan fingerprint density at radius 3 is 2.42 bits per heavy atom. The molecule has 4 aromatic rings. The molecule has 0 atom stereocenters. The lowest BCUT2D eigenvalue weighted by molar-refractivity contribution is -0.137. The Hall–Kier alpha value is -3.59. The molecule has 3 aromatic carbocycles. The minimum Gasteiger partial charge on any atom is -0.314 e. The largest absolute Gasteiger partial charge is 0.416 e. The van der Waals surface area contributed by atoms with E-state index in [-0.39, 0.29) is 11.7 Å². The predicted molar refractivity (Wildman–Crippen MR) is 123 cm³/mol. The Bertz CT molecular complexity index is 1270. The molecule has 0 saturated carbocycles. The van der Waals surface area contributed by atoms with Gasteiger partial charge in [0, 0.05) is 0 Å². The second kappa shape index (κ2) is 9.91. The molecular weight excluding hydrogens is 449 g/mol. The molecule has 0 saturated heterocycles. The first-order valence-electron chi connectivity index (χ1n) is 10.0. The van der Waals surface area contributed by atoms with Gasteiger partial charge in [0.2, 0.25) is 0 Å². The van der Waals surface area contributed by atoms with Gasteiger partial charge >= 0.3 is 6.18 Å². The molecule has 1 amide bonds. The highest BCUT2D eigenvalue weighted by atomic mass is 32.2. The number of nitrogens with zero attached hydrogens (tertiary/aromatic N) is 3. The van der Waals surface area contributed by atoms with Crippen LogP contribution in [0, 0.1) is 0 Å². The summed E-state index contributed by atoms with van der Waals surface area (Å²) in [5.41, 5.74) is 5.05. The molecule has 4 rings (SSSR count). The smallest absolute Gasteiger partial charge is 0.314 e. The summed E-state index contributed by atoms with van der Waals surface area (Å²) in [5, 5.41) is 4.54. The van der Waals surface area contributed by atoms with Crippen molar-refractivity contribution in [2.75, 3.05) is 5.75 Å². The van der Waals surface area contributed by atoms with Crippen molar-refractivity contribution in [3.63, 3.8) is 0 Å². The fourth-order valence-electron chi connectivity index (χ4n) is 3.18. The number of thioether (sulfide) groups is 1. The van der Waals surface area contributed by atoms with Crippen molar-refractivity contribution >= 4 is 34.9 Å². The molecule has 33 heavy (non-hydrogen) atoms. The van der Waals surface area contributed by atoms with Gasteiger partial charge in [0.1, 0.15) is 0 Å². The molecule has 0 aliphatic rings. The van der Waals surface area contributed by atoms with Crippen LogP contribution in [0.25, 0.3) is 11.0 Å². The van der Waals surface area contributed by atoms with E-state index in [4.69, 9.17) is 0 Å². The monoisotopic (exact) mass is 468 g/mol. The van der Waals surface area contributed by atoms with E-state index in [1.807, 2.05) is 54.6 Å². The molecule has 9 heteroatoms. The number of carbonyl (C=O) groups excluding carboxylic acids is 1. The van der Waals surface area contributed by atoms with Crippen LogP contribution in [-0.2, 0) is 17.5 Å². The zero-order chi connectivity index (χ0) is 23.3. The average molecular weight is 469 g/mol. The van der Waals surface area contributed by atoms with Crippen LogP contribution < -0.4 is 5.43 Å². The number of benzene rings is 3. The van der Waals surface area contributed by atoms with E-state index in [0.717, 1.165) is 28.7 Å². The van der Waals surface area contributed by atoms with E-state index < -0.39 is 11.7 Å². The van der Waals surface area contributed by atoms with Gasteiger partial charge < -0.3 is 4.57 Å². The van der Waals surface area contributed by atoms with Crippen molar-refractivity contribution in [1.29, 1.82) is 0 Å². The predicted octanol–water partition coefficient (Wildman–Crippen LogP) is 5.35. The average Bonchev–Trinajstić information content (AvgIpc) is 3.15. The molecule has 0 radical (unpaired) electrons. The van der Waals surface area contributed by atoms with Gasteiger partial charge in [-0.15, -0.1) is 0 Å². The van der Waals surface area contributed by atoms with Gasteiger partial charge in [-0.1, -0.05) is 66.4 Å². The summed E-state index contributed by atoms with van der Waals surface area (Å²) in [5.74, 6) is -0.260. The SMILES string of the molecule is O=C(CSc1nc2ccccc2n1Cc1ccccc1)N/N=C/c1ccc(C(F)(F)F)cc1. The van der Waals surface area contributed by atoms with Gasteiger partial charge in [-0.25, -0.2) is 10.4 Å². The lowest BCUT2D eigenvalue weighted by Gasteiger charge is -2.09. The van der Waals surface area contributed by atoms with Crippen LogP contribution in [0.1, 0.15) is 16.7 Å². The summed E-state index contributed by atoms with van der Waals surface area (Å²) >= 11 is 1.29. The van der Waals surface area contributed by atoms with E-state index >= 15 is 0 Å². The molecule has 0 aliphatic heterocycles. The molecule has 0 spiro atoms. The summed E-state index contributed by atoms with van der Waals surface area (Å²) in [6.45, 7) is 0.622. The van der Waals surface area contributed by atoms with Crippen LogP contribution in [0.5, 0.6) is 0 Å². The molecule has 168 valence electrons. The molecule has 1 heterocycles. The Morgan fingerprint density at radius 1 is 1.00 bits per heavy atom. The first-order chi connectivity index (χ1) is 15.9. The number of rotatable bonds is 7. The van der Waals surface area contributed by atoms with E-state index in [1.165, 1.54) is 30.1 Å². The lowest BCUT2D eigenvalue weighted by Crippen LogP contribution is -2.20. The van der Waals surface area contributed by atoms with Crippen LogP contribution in [-0.4, -0.2) is 27.4 Å². The standard InChI is InChI=1S/C24H19F3N4OS/c25-24(26,27)19-12-10-17(11-13-19)14-28-30-22(32)16-33-23-29-20-8-4-5-9-21(20)31(23)15-18-6-2-1-3-7-18/h1-14H,15-16H2,(H,30,32)/b28-14+. The van der Waals surface area contributed by atoms with Crippen molar-refractivity contribution < 1.29 is 18.0 Å². The van der Waals surface area contributed by atoms with Crippen molar-refractivity contribution in [2.45, 2.75) is 17.9 Å². The minimum absolute atomic E-state index is 0.0858. The number of para-hydroxylation sites is 2. The molecule has 1 aromatic heterocycles. The fraction of sp³-hybridized carbons (Fsp3) is 0.125. The second-order valence-electron chi connectivity index (χ2n) is 7.16. The van der Waals surface area contributed by atoms with Gasteiger partial charge in [0.05, 0.1) is 35.1 Å². The van der Waals surface area contributed by atoms with Crippen molar-refractivity contribution in [1.82, 2.24) is 15.0 Å². The molecule has 0 unspecified atom stereocenters. The van der Waals surface area contributed by atoms with Crippen molar-refractivity contribution in [3.05, 3.63) is 95.6 Å². The first-order valence-corrected chi connectivity index (χ1v) is 11.0. The van der Waals surface area contributed by atoms with E-state index in [1.54, 1.807) is 0 Å². The third-order valence-electron chi connectivity index (χ3n) is 4.78. The van der Waals surface area contributed by atoms with E-state index in [2.05, 4.69) is 20.1 Å². The topological polar surface area (TPSA) is 59.3 Å². The molecule has 5 nitrogen and oxygen atoms in total. The molecule has 1 N–H and O–H groups in total. The number of carbonyl (C=O) groups is 1. The zero-order valence-corrected chi connectivity index (χ0v) is 18.1. The molecule has 0 bridgehead atoms. The summed E-state index contributed by atoms with van der Waals surface area (Å²) in [6.07, 6.45) is -3.09. The third-order valence-corrected chi connectivity index (χ3v) is 5.75. The number of alkyl halides is 3. The van der Waals surface area contributed by atoms with Crippen LogP contribution in [0.15, 0.2) is 89.1 Å². The number of fused-ring (bicyclic) bond motifs is 1. The number of nitrogens with one attached hydrogen (secondary N) is 1. The Balaban J connectivity index is 1.39. The van der Waals surface area contributed by atoms with Gasteiger partial charge in [-0.05, 0) is 35.4 Å². The quantitative estimate of drug-likeness (QED) is 0.226. The van der Waals surface area contributed by atoms with E-state index in [0.29, 0.717) is 17.3 Å². The maximum Gasteiger partial charge on any atom is 0.416 e. The number of imidazole rings is 1. The first kappa shape index (κ1) is 22.6. The van der Waals surface area contributed by atoms with Gasteiger partial charge in [-0.2, -0.15) is 18.3 Å². The highest BCUT2D eigenvalue weighted by Gasteiger charge is 2.29. The van der Waals surface area contributed by atoms with Crippen LogP contribution in [0.2, 0.25) is 0 Å². The van der Waals surface area contributed by atoms with Crippen LogP contribution in [0.4, 0.5) is 13.2 Å². The Labute approximate surface area is 192 Å². The summed E-state index contributed by atoms with van der Waals surface area (Å²) in [6, 6.07) is 22.3. The second-order valence-corrected chi connectivity index (χ2v) is 8.10. The maximum absolute atomic E-state index is 12.6. The zero-order valence-electron chi connectivity index (χ0n) is 17.3. The van der Waals surface area contributed by atoms with Gasteiger partial charge in [0.15, 0.2) is 5.16 Å². The highest BCUT2D eigenvalue weighted by Crippen LogP contribution is 2.29. The van der Waals surface area contributed by atoms with Gasteiger partial charge in [-0.3, -0.25) is 4.79 Å². The fourth-order valence-corrected chi connectivity index (χ4v) is 3.99. The Kier molecular flexibility index (Phi) is 6.79. The number of amides is 1. The van der Waals surface area contributed by atoms with Gasteiger partial charge in [0.25, 0.3) is 5.91 Å². The van der Waals surface area contributed by atoms with Crippen LogP contribution >= 0.6 is 11.8 Å². The molecule has 0 aliphatic carbocycles. The van der Waals surface area contributed by atoms with Crippen LogP contribution in [0.3, 0.4) is 0 Å². The molecule has 0 fully saturated rings. The van der Waals surface area contributed by atoms with E-state index in [9.17, 15) is 18.0 Å². The summed E-state index contributed by atoms with van der Waals surface area (Å²) in [7, 11) is 0. The summed E-state index contributed by atoms with van der Waals surface area (Å²) < 4.78 is 39.9. The number of hydrazone groups is 1. The third kappa shape index (κ3) is 5.81.